The standard InChI is InChI=1S/C19H39/c1-5-7-8-9-10-11-12-13-14-15-16-17-19(6-2)18(3)4/h18-19H,2,5-17H2,1,3-4H3. The van der Waals surface area contributed by atoms with E-state index in [1.165, 1.54) is 77.0 Å². The molecular weight excluding hydrogens is 228 g/mol. The molecule has 0 aliphatic rings. The first-order valence-corrected chi connectivity index (χ1v) is 9.01. The highest BCUT2D eigenvalue weighted by Crippen LogP contribution is 2.22. The van der Waals surface area contributed by atoms with Gasteiger partial charge < -0.3 is 0 Å². The highest BCUT2D eigenvalue weighted by molar-refractivity contribution is 4.64. The molecule has 0 saturated heterocycles. The molecule has 0 amide bonds. The van der Waals surface area contributed by atoms with Crippen LogP contribution in [-0.4, -0.2) is 0 Å². The van der Waals surface area contributed by atoms with E-state index in [2.05, 4.69) is 27.7 Å². The molecule has 0 rings (SSSR count). The van der Waals surface area contributed by atoms with Gasteiger partial charge in [-0.3, -0.25) is 0 Å². The Morgan fingerprint density at radius 3 is 1.47 bits per heavy atom. The lowest BCUT2D eigenvalue weighted by Crippen LogP contribution is -2.07. The molecule has 0 N–H and O–H groups in total. The van der Waals surface area contributed by atoms with E-state index in [4.69, 9.17) is 0 Å². The molecule has 19 heavy (non-hydrogen) atoms. The topological polar surface area (TPSA) is 0 Å². The molecule has 0 aromatic rings. The van der Waals surface area contributed by atoms with Crippen molar-refractivity contribution in [3.05, 3.63) is 6.92 Å². The Bertz CT molecular complexity index is 159. The van der Waals surface area contributed by atoms with Crippen LogP contribution < -0.4 is 0 Å². The van der Waals surface area contributed by atoms with Crippen LogP contribution in [-0.2, 0) is 0 Å². The average molecular weight is 268 g/mol. The summed E-state index contributed by atoms with van der Waals surface area (Å²) in [6.45, 7) is 11.1. The normalized spacial score (nSPS) is 13.1. The lowest BCUT2D eigenvalue weighted by Gasteiger charge is -2.18. The molecule has 1 unspecified atom stereocenters. The van der Waals surface area contributed by atoms with Crippen molar-refractivity contribution in [3.63, 3.8) is 0 Å². The van der Waals surface area contributed by atoms with Crippen LogP contribution in [0.25, 0.3) is 0 Å². The molecule has 0 heterocycles. The molecule has 0 aliphatic heterocycles. The predicted octanol–water partition coefficient (Wildman–Crippen LogP) is 7.18. The van der Waals surface area contributed by atoms with E-state index in [1.807, 2.05) is 0 Å². The van der Waals surface area contributed by atoms with Gasteiger partial charge in [-0.25, -0.2) is 0 Å². The number of unbranched alkanes of at least 4 members (excludes halogenated alkanes) is 10. The summed E-state index contributed by atoms with van der Waals surface area (Å²) in [5.41, 5.74) is 0. The third-order valence-electron chi connectivity index (χ3n) is 4.49. The molecule has 0 spiro atoms. The van der Waals surface area contributed by atoms with E-state index in [9.17, 15) is 0 Å². The van der Waals surface area contributed by atoms with Crippen molar-refractivity contribution in [3.8, 4) is 0 Å². The molecule has 0 heteroatoms. The maximum Gasteiger partial charge on any atom is -0.0391 e. The Morgan fingerprint density at radius 2 is 1.11 bits per heavy atom. The van der Waals surface area contributed by atoms with Crippen LogP contribution in [0.4, 0.5) is 0 Å². The van der Waals surface area contributed by atoms with Gasteiger partial charge in [0.2, 0.25) is 0 Å². The van der Waals surface area contributed by atoms with Crippen molar-refractivity contribution >= 4 is 0 Å². The minimum absolute atomic E-state index is 0.820. The second-order valence-corrected chi connectivity index (χ2v) is 6.62. The zero-order valence-electron chi connectivity index (χ0n) is 14.1. The number of rotatable bonds is 14. The lowest BCUT2D eigenvalue weighted by atomic mass is 9.88. The number of hydrogen-bond acceptors (Lipinski definition) is 0. The summed E-state index contributed by atoms with van der Waals surface area (Å²) in [6, 6.07) is 0. The van der Waals surface area contributed by atoms with Crippen molar-refractivity contribution in [2.75, 3.05) is 0 Å². The minimum Gasteiger partial charge on any atom is -0.0654 e. The van der Waals surface area contributed by atoms with E-state index < -0.39 is 0 Å². The third kappa shape index (κ3) is 12.8. The molecule has 0 aromatic heterocycles. The SMILES string of the molecule is [CH2]CC(CCCCCCCCCCCCC)C(C)C. The fraction of sp³-hybridized carbons (Fsp3) is 0.947. The monoisotopic (exact) mass is 267 g/mol. The highest BCUT2D eigenvalue weighted by atomic mass is 14.2. The van der Waals surface area contributed by atoms with Gasteiger partial charge >= 0.3 is 0 Å². The first-order valence-electron chi connectivity index (χ1n) is 9.01. The molecule has 0 bridgehead atoms. The summed E-state index contributed by atoms with van der Waals surface area (Å²) in [5, 5.41) is 0. The quantitative estimate of drug-likeness (QED) is 0.292. The van der Waals surface area contributed by atoms with Gasteiger partial charge in [0.25, 0.3) is 0 Å². The minimum atomic E-state index is 0.820. The van der Waals surface area contributed by atoms with E-state index in [0.29, 0.717) is 0 Å². The van der Waals surface area contributed by atoms with Crippen molar-refractivity contribution < 1.29 is 0 Å². The van der Waals surface area contributed by atoms with E-state index >= 15 is 0 Å². The molecule has 0 saturated carbocycles. The van der Waals surface area contributed by atoms with E-state index in [-0.39, 0.29) is 0 Å². The van der Waals surface area contributed by atoms with Crippen molar-refractivity contribution in [1.29, 1.82) is 0 Å². The van der Waals surface area contributed by atoms with Crippen LogP contribution in [0, 0.1) is 18.8 Å². The fourth-order valence-electron chi connectivity index (χ4n) is 2.88. The summed E-state index contributed by atoms with van der Waals surface area (Å²) in [6.07, 6.45) is 18.4. The first kappa shape index (κ1) is 19.0. The summed E-state index contributed by atoms with van der Waals surface area (Å²) in [4.78, 5) is 0. The van der Waals surface area contributed by atoms with E-state index in [1.54, 1.807) is 0 Å². The predicted molar refractivity (Wildman–Crippen MR) is 89.4 cm³/mol. The molecule has 0 fully saturated rings. The Hall–Kier alpha value is 0. The summed E-state index contributed by atoms with van der Waals surface area (Å²) < 4.78 is 0. The van der Waals surface area contributed by atoms with Crippen LogP contribution in [0.2, 0.25) is 0 Å². The molecule has 0 aromatic carbocycles. The van der Waals surface area contributed by atoms with Gasteiger partial charge in [0.05, 0.1) is 0 Å². The molecular formula is C19H39. The molecule has 1 atom stereocenters. The van der Waals surface area contributed by atoms with Crippen LogP contribution in [0.5, 0.6) is 0 Å². The first-order chi connectivity index (χ1) is 9.22. The van der Waals surface area contributed by atoms with Gasteiger partial charge in [-0.1, -0.05) is 111 Å². The summed E-state index contributed by atoms with van der Waals surface area (Å²) >= 11 is 0. The van der Waals surface area contributed by atoms with Crippen LogP contribution in [0.1, 0.15) is 104 Å². The van der Waals surface area contributed by atoms with Crippen molar-refractivity contribution in [2.24, 2.45) is 11.8 Å². The Balaban J connectivity index is 3.14. The zero-order chi connectivity index (χ0) is 14.3. The van der Waals surface area contributed by atoms with Gasteiger partial charge in [0, 0.05) is 0 Å². The second-order valence-electron chi connectivity index (χ2n) is 6.62. The fourth-order valence-corrected chi connectivity index (χ4v) is 2.88. The molecule has 0 aliphatic carbocycles. The van der Waals surface area contributed by atoms with Gasteiger partial charge in [-0.2, -0.15) is 0 Å². The summed E-state index contributed by atoms with van der Waals surface area (Å²) in [5.74, 6) is 1.68. The largest absolute Gasteiger partial charge is 0.0654 e. The van der Waals surface area contributed by atoms with Crippen LogP contribution in [0.15, 0.2) is 0 Å². The maximum absolute atomic E-state index is 4.08. The zero-order valence-corrected chi connectivity index (χ0v) is 14.1. The molecule has 1 radical (unpaired) electrons. The summed E-state index contributed by atoms with van der Waals surface area (Å²) in [7, 11) is 0. The van der Waals surface area contributed by atoms with Crippen molar-refractivity contribution in [1.82, 2.24) is 0 Å². The second kappa shape index (κ2) is 14.4. The Labute approximate surface area is 123 Å². The smallest absolute Gasteiger partial charge is 0.0391 e. The van der Waals surface area contributed by atoms with Gasteiger partial charge in [-0.15, -0.1) is 0 Å². The van der Waals surface area contributed by atoms with Crippen LogP contribution in [0.3, 0.4) is 0 Å². The lowest BCUT2D eigenvalue weighted by molar-refractivity contribution is 0.347. The van der Waals surface area contributed by atoms with E-state index in [0.717, 1.165) is 18.3 Å². The van der Waals surface area contributed by atoms with Crippen LogP contribution >= 0.6 is 0 Å². The van der Waals surface area contributed by atoms with Gasteiger partial charge in [0.1, 0.15) is 0 Å². The Kier molecular flexibility index (Phi) is 14.4. The maximum atomic E-state index is 4.08. The van der Waals surface area contributed by atoms with Gasteiger partial charge in [-0.05, 0) is 11.8 Å². The van der Waals surface area contributed by atoms with Gasteiger partial charge in [0.15, 0.2) is 0 Å². The van der Waals surface area contributed by atoms with Crippen molar-refractivity contribution in [2.45, 2.75) is 104 Å². The molecule has 0 nitrogen and oxygen atoms in total. The molecule has 115 valence electrons. The average Bonchev–Trinajstić information content (AvgIpc) is 2.40. The number of hydrogen-bond donors (Lipinski definition) is 0. The highest BCUT2D eigenvalue weighted by Gasteiger charge is 2.09. The Morgan fingerprint density at radius 1 is 0.684 bits per heavy atom. The third-order valence-corrected chi connectivity index (χ3v) is 4.49.